The molecule has 0 amide bonds. The van der Waals surface area contributed by atoms with Crippen LogP contribution < -0.4 is 4.72 Å². The highest BCUT2D eigenvalue weighted by Gasteiger charge is 2.17. The lowest BCUT2D eigenvalue weighted by molar-refractivity contribution is 0.505. The predicted octanol–water partition coefficient (Wildman–Crippen LogP) is 2.95. The summed E-state index contributed by atoms with van der Waals surface area (Å²) >= 11 is 5.62. The molecule has 0 fully saturated rings. The molecule has 1 N–H and O–H groups in total. The van der Waals surface area contributed by atoms with Gasteiger partial charge in [-0.2, -0.15) is 5.10 Å². The van der Waals surface area contributed by atoms with Gasteiger partial charge in [-0.15, -0.1) is 0 Å². The summed E-state index contributed by atoms with van der Waals surface area (Å²) in [5.74, 6) is 0.333. The summed E-state index contributed by atoms with van der Waals surface area (Å²) in [6.07, 6.45) is 1.64. The van der Waals surface area contributed by atoms with Crippen molar-refractivity contribution < 1.29 is 17.2 Å². The van der Waals surface area contributed by atoms with Crippen molar-refractivity contribution in [3.05, 3.63) is 59.2 Å². The van der Waals surface area contributed by atoms with E-state index in [2.05, 4.69) is 9.82 Å². The van der Waals surface area contributed by atoms with E-state index in [0.29, 0.717) is 11.5 Å². The number of aryl methyl sites for hydroxylation is 1. The number of halogens is 2. The van der Waals surface area contributed by atoms with Crippen molar-refractivity contribution >= 4 is 21.6 Å². The summed E-state index contributed by atoms with van der Waals surface area (Å²) < 4.78 is 47.2. The molecule has 0 atom stereocenters. The second kappa shape index (κ2) is 6.39. The Morgan fingerprint density at radius 2 is 2.08 bits per heavy atom. The molecule has 9 heteroatoms. The van der Waals surface area contributed by atoms with Gasteiger partial charge in [0, 0.05) is 13.2 Å². The molecule has 2 heterocycles. The highest BCUT2D eigenvalue weighted by atomic mass is 35.5. The smallest absolute Gasteiger partial charge is 0.241 e. The summed E-state index contributed by atoms with van der Waals surface area (Å²) in [4.78, 5) is -0.118. The lowest BCUT2D eigenvalue weighted by Crippen LogP contribution is -2.23. The minimum Gasteiger partial charge on any atom is -0.458 e. The summed E-state index contributed by atoms with van der Waals surface area (Å²) in [5.41, 5.74) is 0.773. The SMILES string of the molecule is Cn1nccc1-c1ccc(CNS(=O)(=O)c2ccc(F)c(Cl)c2)o1. The van der Waals surface area contributed by atoms with Crippen molar-refractivity contribution in [3.63, 3.8) is 0 Å². The molecule has 2 aromatic heterocycles. The van der Waals surface area contributed by atoms with Gasteiger partial charge < -0.3 is 4.42 Å². The van der Waals surface area contributed by atoms with Crippen LogP contribution in [0.2, 0.25) is 5.02 Å². The molecule has 3 aromatic rings. The van der Waals surface area contributed by atoms with E-state index in [9.17, 15) is 12.8 Å². The number of nitrogens with one attached hydrogen (secondary N) is 1. The third kappa shape index (κ3) is 3.35. The monoisotopic (exact) mass is 369 g/mol. The Morgan fingerprint density at radius 1 is 1.29 bits per heavy atom. The van der Waals surface area contributed by atoms with Gasteiger partial charge in [0.1, 0.15) is 17.3 Å². The minimum atomic E-state index is -3.83. The van der Waals surface area contributed by atoms with Crippen LogP contribution in [-0.2, 0) is 23.6 Å². The molecule has 0 aliphatic heterocycles. The molecule has 0 spiro atoms. The van der Waals surface area contributed by atoms with Crippen molar-refractivity contribution in [3.8, 4) is 11.5 Å². The quantitative estimate of drug-likeness (QED) is 0.750. The summed E-state index contributed by atoms with van der Waals surface area (Å²) in [6.45, 7) is -0.0464. The Kier molecular flexibility index (Phi) is 4.44. The van der Waals surface area contributed by atoms with Gasteiger partial charge >= 0.3 is 0 Å². The molecule has 0 unspecified atom stereocenters. The van der Waals surface area contributed by atoms with E-state index in [0.717, 1.165) is 23.9 Å². The van der Waals surface area contributed by atoms with Gasteiger partial charge in [0.15, 0.2) is 5.76 Å². The Hall–Kier alpha value is -2.16. The van der Waals surface area contributed by atoms with Gasteiger partial charge in [-0.1, -0.05) is 11.6 Å². The molecular weight excluding hydrogens is 357 g/mol. The van der Waals surface area contributed by atoms with Crippen molar-refractivity contribution in [2.75, 3.05) is 0 Å². The van der Waals surface area contributed by atoms with E-state index in [1.807, 2.05) is 0 Å². The number of rotatable bonds is 5. The second-order valence-corrected chi connectivity index (χ2v) is 7.18. The van der Waals surface area contributed by atoms with Crippen LogP contribution in [-0.4, -0.2) is 18.2 Å². The number of hydrogen-bond donors (Lipinski definition) is 1. The fraction of sp³-hybridized carbons (Fsp3) is 0.133. The fourth-order valence-corrected chi connectivity index (χ4v) is 3.38. The Morgan fingerprint density at radius 3 is 2.75 bits per heavy atom. The zero-order chi connectivity index (χ0) is 17.3. The maximum absolute atomic E-state index is 13.1. The highest BCUT2D eigenvalue weighted by molar-refractivity contribution is 7.89. The largest absolute Gasteiger partial charge is 0.458 e. The Balaban J connectivity index is 1.74. The third-order valence-corrected chi connectivity index (χ3v) is 5.06. The van der Waals surface area contributed by atoms with Gasteiger partial charge in [-0.05, 0) is 36.4 Å². The molecule has 0 saturated heterocycles. The van der Waals surface area contributed by atoms with E-state index in [-0.39, 0.29) is 16.5 Å². The number of benzene rings is 1. The Labute approximate surface area is 142 Å². The zero-order valence-corrected chi connectivity index (χ0v) is 14.1. The van der Waals surface area contributed by atoms with Crippen LogP contribution in [0.25, 0.3) is 11.5 Å². The van der Waals surface area contributed by atoms with Crippen LogP contribution in [0.5, 0.6) is 0 Å². The summed E-state index contributed by atoms with van der Waals surface area (Å²) in [6, 6.07) is 8.39. The van der Waals surface area contributed by atoms with Gasteiger partial charge in [-0.25, -0.2) is 17.5 Å². The van der Waals surface area contributed by atoms with Crippen LogP contribution in [0, 0.1) is 5.82 Å². The minimum absolute atomic E-state index is 0.0464. The van der Waals surface area contributed by atoms with E-state index >= 15 is 0 Å². The molecule has 24 heavy (non-hydrogen) atoms. The molecule has 6 nitrogen and oxygen atoms in total. The van der Waals surface area contributed by atoms with E-state index in [1.54, 1.807) is 36.1 Å². The van der Waals surface area contributed by atoms with Crippen LogP contribution in [0.3, 0.4) is 0 Å². The molecule has 0 bridgehead atoms. The molecule has 0 aliphatic rings. The first-order valence-corrected chi connectivity index (χ1v) is 8.75. The standard InChI is InChI=1S/C15H13ClFN3O3S/c1-20-14(6-7-18-20)15-5-2-10(23-15)9-19-24(21,22)11-3-4-13(17)12(16)8-11/h2-8,19H,9H2,1H3. The van der Waals surface area contributed by atoms with Gasteiger partial charge in [0.25, 0.3) is 0 Å². The summed E-state index contributed by atoms with van der Waals surface area (Å²) in [5, 5.41) is 3.79. The number of sulfonamides is 1. The number of nitrogens with zero attached hydrogens (tertiary/aromatic N) is 2. The van der Waals surface area contributed by atoms with Crippen LogP contribution in [0.1, 0.15) is 5.76 Å². The van der Waals surface area contributed by atoms with Crippen LogP contribution >= 0.6 is 11.6 Å². The Bertz CT molecular complexity index is 982. The molecule has 1 aromatic carbocycles. The lowest BCUT2D eigenvalue weighted by Gasteiger charge is -2.06. The lowest BCUT2D eigenvalue weighted by atomic mass is 10.3. The highest BCUT2D eigenvalue weighted by Crippen LogP contribution is 2.22. The third-order valence-electron chi connectivity index (χ3n) is 3.37. The van der Waals surface area contributed by atoms with E-state index in [1.165, 1.54) is 0 Å². The normalized spacial score (nSPS) is 11.8. The molecule has 0 saturated carbocycles. The molecule has 126 valence electrons. The van der Waals surface area contributed by atoms with Gasteiger partial charge in [0.2, 0.25) is 10.0 Å². The van der Waals surface area contributed by atoms with Gasteiger partial charge in [-0.3, -0.25) is 4.68 Å². The van der Waals surface area contributed by atoms with Crippen LogP contribution in [0.4, 0.5) is 4.39 Å². The first-order chi connectivity index (χ1) is 11.4. The average molecular weight is 370 g/mol. The predicted molar refractivity (Wildman–Crippen MR) is 86.3 cm³/mol. The first kappa shape index (κ1) is 16.7. The topological polar surface area (TPSA) is 77.1 Å². The van der Waals surface area contributed by atoms with E-state index < -0.39 is 15.8 Å². The number of furan rings is 1. The fourth-order valence-electron chi connectivity index (χ4n) is 2.12. The molecule has 3 rings (SSSR count). The maximum atomic E-state index is 13.1. The van der Waals surface area contributed by atoms with E-state index in [4.69, 9.17) is 16.0 Å². The van der Waals surface area contributed by atoms with Crippen molar-refractivity contribution in [2.24, 2.45) is 7.05 Å². The van der Waals surface area contributed by atoms with Gasteiger partial charge in [0.05, 0.1) is 16.5 Å². The molecule has 0 aliphatic carbocycles. The first-order valence-electron chi connectivity index (χ1n) is 6.88. The maximum Gasteiger partial charge on any atom is 0.241 e. The van der Waals surface area contributed by atoms with Crippen molar-refractivity contribution in [1.82, 2.24) is 14.5 Å². The zero-order valence-electron chi connectivity index (χ0n) is 12.5. The average Bonchev–Trinajstić information content (AvgIpc) is 3.16. The van der Waals surface area contributed by atoms with Crippen LogP contribution in [0.15, 0.2) is 51.9 Å². The summed E-state index contributed by atoms with van der Waals surface area (Å²) in [7, 11) is -2.05. The van der Waals surface area contributed by atoms with Crippen molar-refractivity contribution in [1.29, 1.82) is 0 Å². The number of aromatic nitrogens is 2. The number of hydrogen-bond acceptors (Lipinski definition) is 4. The van der Waals surface area contributed by atoms with Crippen molar-refractivity contribution in [2.45, 2.75) is 11.4 Å². The molecular formula is C15H13ClFN3O3S. The second-order valence-electron chi connectivity index (χ2n) is 5.01. The molecule has 0 radical (unpaired) electrons.